The second kappa shape index (κ2) is 3.61. The summed E-state index contributed by atoms with van der Waals surface area (Å²) in [5.74, 6) is -3.21. The number of benzene rings is 1. The molecule has 0 heterocycles. The zero-order valence-electron chi connectivity index (χ0n) is 8.03. The van der Waals surface area contributed by atoms with E-state index in [0.29, 0.717) is 0 Å². The van der Waals surface area contributed by atoms with Crippen molar-refractivity contribution in [3.05, 3.63) is 35.9 Å². The molecule has 1 aliphatic rings. The lowest BCUT2D eigenvalue weighted by Crippen LogP contribution is -2.21. The minimum atomic E-state index is -2.96. The predicted molar refractivity (Wildman–Crippen MR) is 52.6 cm³/mol. The van der Waals surface area contributed by atoms with E-state index in [1.54, 1.807) is 0 Å². The molecule has 0 saturated heterocycles. The van der Waals surface area contributed by atoms with Crippen molar-refractivity contribution >= 4 is 5.71 Å². The Kier molecular flexibility index (Phi) is 2.42. The standard InChI is InChI=1S/C11H11F2NO/c12-11(13)7-9(6-10(11)14-15)8-4-2-1-3-5-8/h1-5,9,15H,6-7H2. The number of hydrogen-bond acceptors (Lipinski definition) is 2. The maximum Gasteiger partial charge on any atom is 0.289 e. The van der Waals surface area contributed by atoms with Gasteiger partial charge in [-0.1, -0.05) is 35.5 Å². The van der Waals surface area contributed by atoms with Crippen LogP contribution in [0.25, 0.3) is 0 Å². The van der Waals surface area contributed by atoms with E-state index in [1.165, 1.54) is 0 Å². The molecular formula is C11H11F2NO. The first kappa shape index (κ1) is 10.1. The molecule has 1 aliphatic carbocycles. The Bertz CT molecular complexity index is 375. The van der Waals surface area contributed by atoms with Gasteiger partial charge in [-0.2, -0.15) is 8.78 Å². The van der Waals surface area contributed by atoms with Crippen LogP contribution in [0.3, 0.4) is 0 Å². The van der Waals surface area contributed by atoms with Crippen molar-refractivity contribution in [2.75, 3.05) is 0 Å². The molecule has 1 unspecified atom stereocenters. The summed E-state index contributed by atoms with van der Waals surface area (Å²) >= 11 is 0. The third kappa shape index (κ3) is 1.84. The van der Waals surface area contributed by atoms with Gasteiger partial charge in [-0.15, -0.1) is 0 Å². The summed E-state index contributed by atoms with van der Waals surface area (Å²) < 4.78 is 26.5. The molecule has 4 heteroatoms. The highest BCUT2D eigenvalue weighted by Crippen LogP contribution is 2.42. The molecule has 1 atom stereocenters. The number of oxime groups is 1. The Labute approximate surface area is 86.2 Å². The summed E-state index contributed by atoms with van der Waals surface area (Å²) in [6.07, 6.45) is -0.135. The van der Waals surface area contributed by atoms with Crippen molar-refractivity contribution in [3.63, 3.8) is 0 Å². The van der Waals surface area contributed by atoms with Crippen molar-refractivity contribution in [3.8, 4) is 0 Å². The quantitative estimate of drug-likeness (QED) is 0.562. The number of rotatable bonds is 1. The van der Waals surface area contributed by atoms with E-state index >= 15 is 0 Å². The van der Waals surface area contributed by atoms with Crippen molar-refractivity contribution < 1.29 is 14.0 Å². The third-order valence-electron chi connectivity index (χ3n) is 2.76. The Balaban J connectivity index is 2.24. The first-order valence-corrected chi connectivity index (χ1v) is 4.77. The highest BCUT2D eigenvalue weighted by molar-refractivity contribution is 5.93. The summed E-state index contributed by atoms with van der Waals surface area (Å²) in [5, 5.41) is 11.2. The van der Waals surface area contributed by atoms with E-state index in [9.17, 15) is 8.78 Å². The molecule has 1 saturated carbocycles. The maximum absolute atomic E-state index is 13.3. The molecule has 0 aromatic heterocycles. The van der Waals surface area contributed by atoms with Crippen molar-refractivity contribution in [2.24, 2.45) is 5.16 Å². The maximum atomic E-state index is 13.3. The van der Waals surface area contributed by atoms with Crippen LogP contribution >= 0.6 is 0 Å². The molecule has 80 valence electrons. The molecular weight excluding hydrogens is 200 g/mol. The largest absolute Gasteiger partial charge is 0.411 e. The van der Waals surface area contributed by atoms with Gasteiger partial charge in [0.1, 0.15) is 5.71 Å². The molecule has 0 radical (unpaired) electrons. The zero-order chi connectivity index (χ0) is 10.9. The number of halogens is 2. The Morgan fingerprint density at radius 1 is 1.27 bits per heavy atom. The zero-order valence-corrected chi connectivity index (χ0v) is 8.03. The minimum Gasteiger partial charge on any atom is -0.411 e. The number of alkyl halides is 2. The van der Waals surface area contributed by atoms with Crippen molar-refractivity contribution in [1.29, 1.82) is 0 Å². The number of nitrogens with zero attached hydrogens (tertiary/aromatic N) is 1. The average Bonchev–Trinajstić information content (AvgIpc) is 2.55. The SMILES string of the molecule is ON=C1CC(c2ccccc2)CC1(F)F. The van der Waals surface area contributed by atoms with Gasteiger partial charge in [-0.3, -0.25) is 0 Å². The van der Waals surface area contributed by atoms with E-state index in [1.807, 2.05) is 30.3 Å². The molecule has 2 rings (SSSR count). The molecule has 15 heavy (non-hydrogen) atoms. The average molecular weight is 211 g/mol. The Hall–Kier alpha value is -1.45. The topological polar surface area (TPSA) is 32.6 Å². The highest BCUT2D eigenvalue weighted by Gasteiger charge is 2.46. The van der Waals surface area contributed by atoms with Gasteiger partial charge in [0.25, 0.3) is 5.92 Å². The van der Waals surface area contributed by atoms with Crippen molar-refractivity contribution in [2.45, 2.75) is 24.7 Å². The van der Waals surface area contributed by atoms with E-state index in [-0.39, 0.29) is 18.8 Å². The lowest BCUT2D eigenvalue weighted by molar-refractivity contribution is 0.0724. The van der Waals surface area contributed by atoms with Crippen LogP contribution in [0.4, 0.5) is 8.78 Å². The summed E-state index contributed by atoms with van der Waals surface area (Å²) in [4.78, 5) is 0. The molecule has 0 spiro atoms. The predicted octanol–water partition coefficient (Wildman–Crippen LogP) is 3.03. The second-order valence-corrected chi connectivity index (χ2v) is 3.77. The van der Waals surface area contributed by atoms with Gasteiger partial charge >= 0.3 is 0 Å². The summed E-state index contributed by atoms with van der Waals surface area (Å²) in [5.41, 5.74) is 0.465. The van der Waals surface area contributed by atoms with Crippen LogP contribution in [-0.2, 0) is 0 Å². The van der Waals surface area contributed by atoms with Crippen LogP contribution in [0.5, 0.6) is 0 Å². The first-order chi connectivity index (χ1) is 7.13. The molecule has 0 bridgehead atoms. The second-order valence-electron chi connectivity index (χ2n) is 3.77. The first-order valence-electron chi connectivity index (χ1n) is 4.77. The molecule has 0 amide bonds. The van der Waals surface area contributed by atoms with Gasteiger partial charge in [0, 0.05) is 12.8 Å². The molecule has 1 aromatic rings. The van der Waals surface area contributed by atoms with Crippen LogP contribution in [0, 0.1) is 0 Å². The monoisotopic (exact) mass is 211 g/mol. The smallest absolute Gasteiger partial charge is 0.289 e. The van der Waals surface area contributed by atoms with E-state index in [2.05, 4.69) is 5.16 Å². The fourth-order valence-corrected chi connectivity index (χ4v) is 1.96. The van der Waals surface area contributed by atoms with Crippen LogP contribution in [-0.4, -0.2) is 16.8 Å². The van der Waals surface area contributed by atoms with Gasteiger partial charge < -0.3 is 5.21 Å². The fraction of sp³-hybridized carbons (Fsp3) is 0.364. The highest BCUT2D eigenvalue weighted by atomic mass is 19.3. The van der Waals surface area contributed by atoms with E-state index in [4.69, 9.17) is 5.21 Å². The summed E-state index contributed by atoms with van der Waals surface area (Å²) in [7, 11) is 0. The van der Waals surface area contributed by atoms with Gasteiger partial charge in [0.2, 0.25) is 0 Å². The Morgan fingerprint density at radius 2 is 1.93 bits per heavy atom. The normalized spacial score (nSPS) is 27.1. The number of hydrogen-bond donors (Lipinski definition) is 1. The van der Waals surface area contributed by atoms with Crippen LogP contribution in [0.2, 0.25) is 0 Å². The molecule has 1 aromatic carbocycles. The fourth-order valence-electron chi connectivity index (χ4n) is 1.96. The van der Waals surface area contributed by atoms with Crippen molar-refractivity contribution in [1.82, 2.24) is 0 Å². The van der Waals surface area contributed by atoms with Gasteiger partial charge in [0.05, 0.1) is 0 Å². The molecule has 2 nitrogen and oxygen atoms in total. The molecule has 0 aliphatic heterocycles. The minimum absolute atomic E-state index is 0.132. The Morgan fingerprint density at radius 3 is 2.47 bits per heavy atom. The molecule has 1 fully saturated rings. The summed E-state index contributed by atoms with van der Waals surface area (Å²) in [6, 6.07) is 9.13. The lowest BCUT2D eigenvalue weighted by Gasteiger charge is -2.09. The van der Waals surface area contributed by atoms with Gasteiger partial charge in [-0.25, -0.2) is 0 Å². The summed E-state index contributed by atoms with van der Waals surface area (Å²) in [6.45, 7) is 0. The molecule has 1 N–H and O–H groups in total. The van der Waals surface area contributed by atoms with E-state index in [0.717, 1.165) is 5.56 Å². The van der Waals surface area contributed by atoms with Gasteiger partial charge in [0.15, 0.2) is 0 Å². The third-order valence-corrected chi connectivity index (χ3v) is 2.76. The lowest BCUT2D eigenvalue weighted by atomic mass is 9.98. The van der Waals surface area contributed by atoms with Crippen LogP contribution in [0.1, 0.15) is 24.3 Å². The van der Waals surface area contributed by atoms with E-state index < -0.39 is 11.6 Å². The van der Waals surface area contributed by atoms with Crippen LogP contribution in [0.15, 0.2) is 35.5 Å². The van der Waals surface area contributed by atoms with Gasteiger partial charge in [-0.05, 0) is 11.5 Å². The van der Waals surface area contributed by atoms with Crippen LogP contribution < -0.4 is 0 Å².